The summed E-state index contributed by atoms with van der Waals surface area (Å²) in [6.07, 6.45) is 0. The van der Waals surface area contributed by atoms with E-state index in [4.69, 9.17) is 17.2 Å². The van der Waals surface area contributed by atoms with E-state index in [9.17, 15) is 0 Å². The predicted molar refractivity (Wildman–Crippen MR) is 115 cm³/mol. The number of rotatable bonds is 5. The van der Waals surface area contributed by atoms with E-state index in [1.54, 1.807) is 20.7 Å². The van der Waals surface area contributed by atoms with E-state index in [1.807, 2.05) is 30.3 Å². The van der Waals surface area contributed by atoms with E-state index < -0.39 is 0 Å². The van der Waals surface area contributed by atoms with Crippen molar-refractivity contribution in [1.82, 2.24) is 29.7 Å². The molecule has 28 heavy (non-hydrogen) atoms. The molecule has 8 heteroatoms. The van der Waals surface area contributed by atoms with Crippen LogP contribution < -0.4 is 0 Å². The van der Waals surface area contributed by atoms with Crippen LogP contribution in [0.15, 0.2) is 42.5 Å². The summed E-state index contributed by atoms with van der Waals surface area (Å²) < 4.78 is 5.27. The first-order valence-electron chi connectivity index (χ1n) is 9.11. The van der Waals surface area contributed by atoms with Gasteiger partial charge in [0.2, 0.25) is 4.77 Å². The Balaban J connectivity index is 1.58. The van der Waals surface area contributed by atoms with Crippen molar-refractivity contribution in [3.63, 3.8) is 0 Å². The largest absolute Gasteiger partial charge is 0.278 e. The highest BCUT2D eigenvalue weighted by molar-refractivity contribution is 7.71. The van der Waals surface area contributed by atoms with Crippen LogP contribution >= 0.6 is 23.6 Å². The Labute approximate surface area is 173 Å². The molecule has 2 heterocycles. The lowest BCUT2D eigenvalue weighted by atomic mass is 10.1. The van der Waals surface area contributed by atoms with Crippen LogP contribution in [0.3, 0.4) is 0 Å². The molecule has 4 rings (SSSR count). The van der Waals surface area contributed by atoms with E-state index in [0.29, 0.717) is 11.4 Å². The summed E-state index contributed by atoms with van der Waals surface area (Å²) in [5.41, 5.74) is 4.37. The molecule has 144 valence electrons. The van der Waals surface area contributed by atoms with Gasteiger partial charge < -0.3 is 0 Å². The van der Waals surface area contributed by atoms with Crippen LogP contribution in [0.4, 0.5) is 0 Å². The second kappa shape index (κ2) is 7.54. The molecule has 2 aromatic carbocycles. The summed E-state index contributed by atoms with van der Waals surface area (Å²) in [4.78, 5) is 6.95. The van der Waals surface area contributed by atoms with Crippen molar-refractivity contribution in [1.29, 1.82) is 0 Å². The lowest BCUT2D eigenvalue weighted by molar-refractivity contribution is 0.193. The van der Waals surface area contributed by atoms with Gasteiger partial charge in [-0.25, -0.2) is 9.67 Å². The quantitative estimate of drug-likeness (QED) is 0.447. The molecule has 0 saturated carbocycles. The molecule has 4 aromatic rings. The number of aromatic nitrogens is 5. The third kappa shape index (κ3) is 3.39. The highest BCUT2D eigenvalue weighted by Crippen LogP contribution is 2.29. The van der Waals surface area contributed by atoms with Crippen LogP contribution in [0.5, 0.6) is 0 Å². The summed E-state index contributed by atoms with van der Waals surface area (Å²) in [5.74, 6) is 0. The number of nitrogens with zero attached hydrogens (tertiary/aromatic N) is 6. The Hall–Kier alpha value is -2.42. The summed E-state index contributed by atoms with van der Waals surface area (Å²) >= 11 is 7.37. The van der Waals surface area contributed by atoms with Gasteiger partial charge in [-0.15, -0.1) is 11.3 Å². The second-order valence-corrected chi connectivity index (χ2v) is 8.41. The fourth-order valence-electron chi connectivity index (χ4n) is 3.07. The third-order valence-electron chi connectivity index (χ3n) is 5.13. The molecule has 0 amide bonds. The maximum absolute atomic E-state index is 5.65. The van der Waals surface area contributed by atoms with E-state index in [0.717, 1.165) is 21.8 Å². The smallest absolute Gasteiger partial charge is 0.221 e. The Morgan fingerprint density at radius 2 is 1.89 bits per heavy atom. The van der Waals surface area contributed by atoms with Crippen LogP contribution in [0.25, 0.3) is 15.9 Å². The Morgan fingerprint density at radius 3 is 2.68 bits per heavy atom. The molecule has 6 nitrogen and oxygen atoms in total. The van der Waals surface area contributed by atoms with Gasteiger partial charge in [0.15, 0.2) is 0 Å². The van der Waals surface area contributed by atoms with Gasteiger partial charge in [0.05, 0.1) is 28.6 Å². The minimum Gasteiger partial charge on any atom is -0.278 e. The van der Waals surface area contributed by atoms with Gasteiger partial charge in [0.1, 0.15) is 5.01 Å². The highest BCUT2D eigenvalue weighted by Gasteiger charge is 2.18. The lowest BCUT2D eigenvalue weighted by Crippen LogP contribution is -2.26. The van der Waals surface area contributed by atoms with E-state index in [-0.39, 0.29) is 6.04 Å². The molecule has 0 saturated heterocycles. The fraction of sp³-hybridized carbons (Fsp3) is 0.300. The molecular weight excluding hydrogens is 388 g/mol. The molecule has 0 radical (unpaired) electrons. The number of hydrogen-bond acceptors (Lipinski definition) is 6. The maximum Gasteiger partial charge on any atom is 0.221 e. The third-order valence-corrected chi connectivity index (χ3v) is 6.72. The van der Waals surface area contributed by atoms with Gasteiger partial charge in [0, 0.05) is 0 Å². The molecule has 0 aliphatic carbocycles. The number of tetrazole rings is 1. The molecule has 2 aromatic heterocycles. The van der Waals surface area contributed by atoms with Crippen LogP contribution in [0, 0.1) is 18.6 Å². The zero-order chi connectivity index (χ0) is 19.8. The summed E-state index contributed by atoms with van der Waals surface area (Å²) in [6.45, 7) is 6.85. The summed E-state index contributed by atoms with van der Waals surface area (Å²) in [5, 5.41) is 9.66. The molecule has 0 unspecified atom stereocenters. The van der Waals surface area contributed by atoms with E-state index in [1.165, 1.54) is 10.3 Å². The molecule has 1 atom stereocenters. The first-order chi connectivity index (χ1) is 13.5. The van der Waals surface area contributed by atoms with Gasteiger partial charge >= 0.3 is 0 Å². The standard InChI is InChI=1S/C20H22N6S2/c1-13-8-7-10-17(14(13)2)26-20(27)25(22-23-26)12-24(4)15(3)19-21-16-9-5-6-11-18(16)28-19/h5-11,15H,12H2,1-4H3/t15-/m0/s1. The van der Waals surface area contributed by atoms with Crippen molar-refractivity contribution in [3.8, 4) is 5.69 Å². The van der Waals surface area contributed by atoms with Crippen LogP contribution in [-0.4, -0.2) is 36.7 Å². The van der Waals surface area contributed by atoms with Crippen molar-refractivity contribution in [2.24, 2.45) is 0 Å². The van der Waals surface area contributed by atoms with Crippen molar-refractivity contribution >= 4 is 33.8 Å². The zero-order valence-electron chi connectivity index (χ0n) is 16.3. The van der Waals surface area contributed by atoms with E-state index in [2.05, 4.69) is 55.3 Å². The highest BCUT2D eigenvalue weighted by atomic mass is 32.1. The number of para-hydroxylation sites is 1. The Kier molecular flexibility index (Phi) is 5.09. The fourth-order valence-corrected chi connectivity index (χ4v) is 4.38. The van der Waals surface area contributed by atoms with Gasteiger partial charge in [-0.3, -0.25) is 4.90 Å². The maximum atomic E-state index is 5.65. The molecule has 0 fully saturated rings. The minimum absolute atomic E-state index is 0.144. The minimum atomic E-state index is 0.144. The molecule has 0 spiro atoms. The topological polar surface area (TPSA) is 51.8 Å². The summed E-state index contributed by atoms with van der Waals surface area (Å²) in [6, 6.07) is 14.5. The average Bonchev–Trinajstić information content (AvgIpc) is 3.27. The number of aryl methyl sites for hydroxylation is 1. The van der Waals surface area contributed by atoms with Gasteiger partial charge in [0.25, 0.3) is 0 Å². The normalized spacial score (nSPS) is 12.8. The average molecular weight is 411 g/mol. The zero-order valence-corrected chi connectivity index (χ0v) is 18.0. The van der Waals surface area contributed by atoms with Gasteiger partial charge in [-0.2, -0.15) is 4.68 Å². The van der Waals surface area contributed by atoms with Gasteiger partial charge in [-0.1, -0.05) is 24.3 Å². The molecule has 0 N–H and O–H groups in total. The van der Waals surface area contributed by atoms with Crippen molar-refractivity contribution in [2.45, 2.75) is 33.5 Å². The second-order valence-electron chi connectivity index (χ2n) is 6.99. The predicted octanol–water partition coefficient (Wildman–Crippen LogP) is 4.68. The Morgan fingerprint density at radius 1 is 1.11 bits per heavy atom. The summed E-state index contributed by atoms with van der Waals surface area (Å²) in [7, 11) is 2.05. The number of hydrogen-bond donors (Lipinski definition) is 0. The molecule has 0 bridgehead atoms. The van der Waals surface area contributed by atoms with Crippen molar-refractivity contribution in [3.05, 3.63) is 63.4 Å². The van der Waals surface area contributed by atoms with E-state index >= 15 is 0 Å². The van der Waals surface area contributed by atoms with Crippen LogP contribution in [0.2, 0.25) is 0 Å². The first kappa shape index (κ1) is 18.9. The SMILES string of the molecule is Cc1cccc(-n2nnn(CN(C)[C@@H](C)c3nc4ccccc4s3)c2=S)c1C. The molecule has 0 aliphatic rings. The monoisotopic (exact) mass is 410 g/mol. The van der Waals surface area contributed by atoms with Crippen molar-refractivity contribution < 1.29 is 0 Å². The Bertz CT molecular complexity index is 1160. The molecular formula is C20H22N6S2. The number of thiazole rings is 1. The number of fused-ring (bicyclic) bond motifs is 1. The van der Waals surface area contributed by atoms with Gasteiger partial charge in [-0.05, 0) is 79.8 Å². The van der Waals surface area contributed by atoms with Crippen LogP contribution in [0.1, 0.15) is 29.1 Å². The van der Waals surface area contributed by atoms with Crippen LogP contribution in [-0.2, 0) is 6.67 Å². The molecule has 0 aliphatic heterocycles. The van der Waals surface area contributed by atoms with Crippen molar-refractivity contribution in [2.75, 3.05) is 7.05 Å². The lowest BCUT2D eigenvalue weighted by Gasteiger charge is -2.22. The number of benzene rings is 2. The first-order valence-corrected chi connectivity index (χ1v) is 10.3.